The first kappa shape index (κ1) is 17.0. The molecule has 22 heavy (non-hydrogen) atoms. The molecule has 0 saturated carbocycles. The van der Waals surface area contributed by atoms with Crippen molar-refractivity contribution in [2.45, 2.75) is 64.0 Å². The molecule has 2 rings (SSSR count). The number of likely N-dealkylation sites (tertiary alicyclic amines) is 1. The molecule has 1 aliphatic heterocycles. The van der Waals surface area contributed by atoms with E-state index in [0.29, 0.717) is 6.04 Å². The summed E-state index contributed by atoms with van der Waals surface area (Å²) in [4.78, 5) is 5.77. The Kier molecular flexibility index (Phi) is 6.42. The van der Waals surface area contributed by atoms with Crippen LogP contribution in [0.15, 0.2) is 24.5 Å². The molecule has 120 valence electrons. The highest BCUT2D eigenvalue weighted by atomic mass is 16.3. The van der Waals surface area contributed by atoms with Crippen molar-refractivity contribution in [1.29, 1.82) is 0 Å². The molecule has 2 N–H and O–H groups in total. The number of hydrogen-bond donors (Lipinski definition) is 2. The smallest absolute Gasteiger partial charge is 0.139 e. The van der Waals surface area contributed by atoms with Crippen molar-refractivity contribution >= 4 is 0 Å². The first-order valence-corrected chi connectivity index (χ1v) is 8.59. The van der Waals surface area contributed by atoms with Gasteiger partial charge in [0.25, 0.3) is 0 Å². The second-order valence-corrected chi connectivity index (χ2v) is 6.60. The molecule has 0 aromatic carbocycles. The van der Waals surface area contributed by atoms with E-state index in [2.05, 4.69) is 29.8 Å². The lowest BCUT2D eigenvalue weighted by atomic mass is 9.96. The van der Waals surface area contributed by atoms with E-state index in [1.54, 1.807) is 0 Å². The Morgan fingerprint density at radius 1 is 1.45 bits per heavy atom. The van der Waals surface area contributed by atoms with Gasteiger partial charge in [-0.05, 0) is 44.6 Å². The Bertz CT molecular complexity index is 501. The minimum absolute atomic E-state index is 0.498. The summed E-state index contributed by atoms with van der Waals surface area (Å²) in [6.07, 6.45) is 10.4. The van der Waals surface area contributed by atoms with Gasteiger partial charge >= 0.3 is 0 Å². The van der Waals surface area contributed by atoms with E-state index in [1.807, 2.05) is 25.4 Å². The Labute approximate surface area is 134 Å². The number of aromatic nitrogens is 1. The van der Waals surface area contributed by atoms with Crippen molar-refractivity contribution < 1.29 is 10.0 Å². The molecule has 1 aromatic heterocycles. The van der Waals surface area contributed by atoms with E-state index in [0.717, 1.165) is 32.4 Å². The molecule has 0 radical (unpaired) electrons. The van der Waals surface area contributed by atoms with Crippen molar-refractivity contribution in [3.8, 4) is 11.8 Å². The van der Waals surface area contributed by atoms with Crippen LogP contribution in [0.3, 0.4) is 0 Å². The largest absolute Gasteiger partial charge is 0.378 e. The molecular formula is C19H29N2O+. The van der Waals surface area contributed by atoms with Crippen LogP contribution >= 0.6 is 0 Å². The molecule has 3 heteroatoms. The maximum Gasteiger partial charge on any atom is 0.139 e. The van der Waals surface area contributed by atoms with E-state index in [1.165, 1.54) is 29.7 Å². The summed E-state index contributed by atoms with van der Waals surface area (Å²) in [5.74, 6) is 6.33. The summed E-state index contributed by atoms with van der Waals surface area (Å²) >= 11 is 0. The number of nitrogens with one attached hydrogen (secondary N) is 1. The van der Waals surface area contributed by atoms with E-state index >= 15 is 0 Å². The van der Waals surface area contributed by atoms with E-state index < -0.39 is 5.60 Å². The van der Waals surface area contributed by atoms with Gasteiger partial charge < -0.3 is 10.0 Å². The van der Waals surface area contributed by atoms with Crippen LogP contribution in [0.25, 0.3) is 0 Å². The van der Waals surface area contributed by atoms with Crippen LogP contribution in [0.4, 0.5) is 0 Å². The van der Waals surface area contributed by atoms with Gasteiger partial charge in [0.1, 0.15) is 18.2 Å². The molecule has 1 fully saturated rings. The molecule has 0 spiro atoms. The van der Waals surface area contributed by atoms with Crippen LogP contribution < -0.4 is 4.90 Å². The molecule has 0 amide bonds. The fourth-order valence-corrected chi connectivity index (χ4v) is 3.21. The minimum Gasteiger partial charge on any atom is -0.378 e. The lowest BCUT2D eigenvalue weighted by Gasteiger charge is -2.31. The summed E-state index contributed by atoms with van der Waals surface area (Å²) in [5.41, 5.74) is 0.478. The van der Waals surface area contributed by atoms with Gasteiger partial charge in [-0.25, -0.2) is 0 Å². The van der Waals surface area contributed by atoms with Crippen molar-refractivity contribution in [2.24, 2.45) is 0 Å². The number of unbranched alkanes of at least 4 members (excludes halogenated alkanes) is 1. The summed E-state index contributed by atoms with van der Waals surface area (Å²) in [7, 11) is 0. The number of aliphatic hydroxyl groups is 1. The Hall–Kier alpha value is -1.37. The summed E-state index contributed by atoms with van der Waals surface area (Å²) in [6, 6.07) is 4.69. The topological polar surface area (TPSA) is 37.6 Å². The zero-order valence-electron chi connectivity index (χ0n) is 13.9. The second-order valence-electron chi connectivity index (χ2n) is 6.60. The molecule has 0 bridgehead atoms. The fraction of sp³-hybridized carbons (Fsp3) is 0.632. The Morgan fingerprint density at radius 3 is 3.05 bits per heavy atom. The van der Waals surface area contributed by atoms with Crippen LogP contribution in [0.1, 0.15) is 64.0 Å². The van der Waals surface area contributed by atoms with Gasteiger partial charge in [0, 0.05) is 24.4 Å². The average molecular weight is 301 g/mol. The third-order valence-electron chi connectivity index (χ3n) is 4.51. The third kappa shape index (κ3) is 5.12. The zero-order valence-corrected chi connectivity index (χ0v) is 13.9. The number of rotatable bonds is 5. The zero-order chi connectivity index (χ0) is 15.8. The van der Waals surface area contributed by atoms with E-state index in [-0.39, 0.29) is 0 Å². The van der Waals surface area contributed by atoms with Crippen molar-refractivity contribution in [3.63, 3.8) is 0 Å². The van der Waals surface area contributed by atoms with Gasteiger partial charge in [-0.15, -0.1) is 0 Å². The maximum atomic E-state index is 10.3. The van der Waals surface area contributed by atoms with Crippen molar-refractivity contribution in [1.82, 2.24) is 4.98 Å². The summed E-state index contributed by atoms with van der Waals surface area (Å²) in [5, 5.41) is 10.3. The SMILES string of the molecule is CCCC[C@@](C)(O)C#CC[NH+]1CCCC[C@@H]1c1cccnc1. The first-order chi connectivity index (χ1) is 10.6. The molecule has 1 saturated heterocycles. The summed E-state index contributed by atoms with van der Waals surface area (Å²) < 4.78 is 0. The molecular weight excluding hydrogens is 272 g/mol. The maximum absolute atomic E-state index is 10.3. The average Bonchev–Trinajstić information content (AvgIpc) is 2.54. The molecule has 1 aromatic rings. The molecule has 1 unspecified atom stereocenters. The number of quaternary nitrogens is 1. The molecule has 1 aliphatic rings. The van der Waals surface area contributed by atoms with Gasteiger partial charge in [0.05, 0.1) is 6.54 Å². The standard InChI is InChI=1S/C19H28N2O/c1-3-4-11-19(2,22)12-8-15-21-14-6-5-10-18(21)17-9-7-13-20-16-17/h7,9,13,16,18,22H,3-6,10-11,14-15H2,1-2H3/p+1/t18-,19-/m1/s1. The van der Waals surface area contributed by atoms with Crippen LogP contribution in [0.2, 0.25) is 0 Å². The van der Waals surface area contributed by atoms with Crippen molar-refractivity contribution in [2.75, 3.05) is 13.1 Å². The lowest BCUT2D eigenvalue weighted by Crippen LogP contribution is -3.13. The third-order valence-corrected chi connectivity index (χ3v) is 4.51. The first-order valence-electron chi connectivity index (χ1n) is 8.59. The monoisotopic (exact) mass is 301 g/mol. The van der Waals surface area contributed by atoms with Gasteiger partial charge in [0.15, 0.2) is 0 Å². The molecule has 3 nitrogen and oxygen atoms in total. The predicted octanol–water partition coefficient (Wildman–Crippen LogP) is 2.14. The fourth-order valence-electron chi connectivity index (χ4n) is 3.21. The highest BCUT2D eigenvalue weighted by molar-refractivity contribution is 5.14. The van der Waals surface area contributed by atoms with Gasteiger partial charge in [-0.2, -0.15) is 0 Å². The van der Waals surface area contributed by atoms with Crippen LogP contribution in [0, 0.1) is 11.8 Å². The minimum atomic E-state index is -0.838. The highest BCUT2D eigenvalue weighted by Crippen LogP contribution is 2.18. The van der Waals surface area contributed by atoms with Crippen molar-refractivity contribution in [3.05, 3.63) is 30.1 Å². The molecule has 2 heterocycles. The van der Waals surface area contributed by atoms with Crippen LogP contribution in [0.5, 0.6) is 0 Å². The van der Waals surface area contributed by atoms with Gasteiger partial charge in [-0.3, -0.25) is 4.98 Å². The van der Waals surface area contributed by atoms with E-state index in [4.69, 9.17) is 0 Å². The number of pyridine rings is 1. The Morgan fingerprint density at radius 2 is 2.32 bits per heavy atom. The predicted molar refractivity (Wildman–Crippen MR) is 89.5 cm³/mol. The van der Waals surface area contributed by atoms with Gasteiger partial charge in [0.2, 0.25) is 0 Å². The number of hydrogen-bond acceptors (Lipinski definition) is 2. The van der Waals surface area contributed by atoms with E-state index in [9.17, 15) is 5.11 Å². The summed E-state index contributed by atoms with van der Waals surface area (Å²) in [6.45, 7) is 5.94. The number of piperidine rings is 1. The number of nitrogens with zero attached hydrogens (tertiary/aromatic N) is 1. The van der Waals surface area contributed by atoms with Crippen LogP contribution in [-0.4, -0.2) is 28.8 Å². The molecule has 3 atom stereocenters. The second kappa shape index (κ2) is 8.31. The lowest BCUT2D eigenvalue weighted by molar-refractivity contribution is -0.930. The van der Waals surface area contributed by atoms with Gasteiger partial charge in [-0.1, -0.05) is 25.3 Å². The normalized spacial score (nSPS) is 24.1. The Balaban J connectivity index is 1.98. The highest BCUT2D eigenvalue weighted by Gasteiger charge is 2.27. The molecule has 0 aliphatic carbocycles. The quantitative estimate of drug-likeness (QED) is 0.818. The van der Waals surface area contributed by atoms with Crippen LogP contribution in [-0.2, 0) is 0 Å².